The molecule has 9 heteroatoms. The monoisotopic (exact) mass is 388 g/mol. The van der Waals surface area contributed by atoms with Crippen molar-refractivity contribution in [3.8, 4) is 5.75 Å². The average molecular weight is 389 g/mol. The molecule has 27 heavy (non-hydrogen) atoms. The van der Waals surface area contributed by atoms with Gasteiger partial charge in [-0.1, -0.05) is 17.7 Å². The number of amides is 1. The predicted molar refractivity (Wildman–Crippen MR) is 103 cm³/mol. The fraction of sp³-hybridized carbons (Fsp3) is 0.278. The Morgan fingerprint density at radius 2 is 2.15 bits per heavy atom. The molecule has 3 aromatic rings. The van der Waals surface area contributed by atoms with Gasteiger partial charge in [0.15, 0.2) is 12.4 Å². The van der Waals surface area contributed by atoms with Crippen LogP contribution in [0.5, 0.6) is 5.75 Å². The third-order valence-electron chi connectivity index (χ3n) is 3.70. The maximum Gasteiger partial charge on any atom is 0.276 e. The minimum absolute atomic E-state index is 0.177. The number of carbonyl (C=O) groups excluding carboxylic acids is 1. The van der Waals surface area contributed by atoms with E-state index in [-0.39, 0.29) is 12.6 Å². The smallest absolute Gasteiger partial charge is 0.276 e. The van der Waals surface area contributed by atoms with Crippen LogP contribution in [0.15, 0.2) is 48.9 Å². The van der Waals surface area contributed by atoms with Crippen LogP contribution in [0.25, 0.3) is 0 Å². The zero-order valence-electron chi connectivity index (χ0n) is 15.2. The third-order valence-corrected chi connectivity index (χ3v) is 3.94. The van der Waals surface area contributed by atoms with E-state index < -0.39 is 0 Å². The Balaban J connectivity index is 1.53. The van der Waals surface area contributed by atoms with Gasteiger partial charge in [0, 0.05) is 24.0 Å². The normalized spacial score (nSPS) is 11.0. The van der Waals surface area contributed by atoms with Crippen LogP contribution in [0.4, 0.5) is 5.69 Å². The molecule has 8 nitrogen and oxygen atoms in total. The highest BCUT2D eigenvalue weighted by Crippen LogP contribution is 2.17. The Morgan fingerprint density at radius 3 is 2.93 bits per heavy atom. The van der Waals surface area contributed by atoms with Gasteiger partial charge in [-0.25, -0.2) is 4.68 Å². The van der Waals surface area contributed by atoms with Crippen LogP contribution in [0.1, 0.15) is 10.5 Å². The Morgan fingerprint density at radius 1 is 1.30 bits per heavy atom. The van der Waals surface area contributed by atoms with E-state index in [4.69, 9.17) is 16.3 Å². The van der Waals surface area contributed by atoms with Crippen molar-refractivity contribution in [1.82, 2.24) is 24.5 Å². The van der Waals surface area contributed by atoms with Crippen LogP contribution in [0, 0.1) is 0 Å². The molecule has 0 fully saturated rings. The molecule has 1 amide bonds. The number of nitrogens with one attached hydrogen (secondary N) is 1. The molecule has 0 atom stereocenters. The molecular weight excluding hydrogens is 368 g/mol. The number of halogens is 1. The van der Waals surface area contributed by atoms with Gasteiger partial charge in [-0.2, -0.15) is 10.2 Å². The second-order valence-electron chi connectivity index (χ2n) is 6.22. The molecule has 2 heterocycles. The molecule has 0 aliphatic heterocycles. The summed E-state index contributed by atoms with van der Waals surface area (Å²) in [7, 11) is 4.00. The highest BCUT2D eigenvalue weighted by atomic mass is 35.5. The molecule has 0 aliphatic rings. The van der Waals surface area contributed by atoms with Crippen LogP contribution in [0.3, 0.4) is 0 Å². The minimum atomic E-state index is -0.302. The summed E-state index contributed by atoms with van der Waals surface area (Å²) in [5, 5.41) is 11.8. The maximum atomic E-state index is 12.3. The van der Waals surface area contributed by atoms with Crippen molar-refractivity contribution in [2.75, 3.05) is 26.0 Å². The van der Waals surface area contributed by atoms with Crippen molar-refractivity contribution in [1.29, 1.82) is 0 Å². The molecule has 0 radical (unpaired) electrons. The van der Waals surface area contributed by atoms with E-state index >= 15 is 0 Å². The lowest BCUT2D eigenvalue weighted by atomic mass is 10.3. The zero-order valence-corrected chi connectivity index (χ0v) is 15.9. The van der Waals surface area contributed by atoms with E-state index in [1.54, 1.807) is 53.6 Å². The van der Waals surface area contributed by atoms with Crippen LogP contribution in [-0.4, -0.2) is 51.0 Å². The Bertz CT molecular complexity index is 905. The minimum Gasteiger partial charge on any atom is -0.471 e. The molecule has 0 spiro atoms. The lowest BCUT2D eigenvalue weighted by molar-refractivity contribution is 0.102. The van der Waals surface area contributed by atoms with Crippen molar-refractivity contribution in [3.05, 3.63) is 59.6 Å². The Kier molecular flexibility index (Phi) is 6.10. The zero-order chi connectivity index (χ0) is 19.2. The van der Waals surface area contributed by atoms with Gasteiger partial charge in [-0.15, -0.1) is 0 Å². The summed E-state index contributed by atoms with van der Waals surface area (Å²) in [6.45, 7) is 1.79. The van der Waals surface area contributed by atoms with Gasteiger partial charge in [0.05, 0.1) is 18.4 Å². The van der Waals surface area contributed by atoms with Crippen molar-refractivity contribution in [3.63, 3.8) is 0 Å². The van der Waals surface area contributed by atoms with Gasteiger partial charge in [0.25, 0.3) is 5.91 Å². The lowest BCUT2D eigenvalue weighted by Gasteiger charge is -2.08. The van der Waals surface area contributed by atoms with E-state index in [0.29, 0.717) is 22.2 Å². The first-order chi connectivity index (χ1) is 13.0. The molecular formula is C18H21ClN6O2. The van der Waals surface area contributed by atoms with Gasteiger partial charge in [-0.05, 0) is 38.4 Å². The van der Waals surface area contributed by atoms with Crippen LogP contribution >= 0.6 is 11.6 Å². The number of nitrogens with zero attached hydrogens (tertiary/aromatic N) is 5. The summed E-state index contributed by atoms with van der Waals surface area (Å²) in [4.78, 5) is 14.4. The van der Waals surface area contributed by atoms with Crippen molar-refractivity contribution in [2.24, 2.45) is 0 Å². The van der Waals surface area contributed by atoms with Gasteiger partial charge < -0.3 is 15.0 Å². The van der Waals surface area contributed by atoms with Gasteiger partial charge in [0.1, 0.15) is 5.75 Å². The molecule has 3 rings (SSSR count). The first-order valence-corrected chi connectivity index (χ1v) is 8.78. The number of carbonyl (C=O) groups is 1. The SMILES string of the molecule is CN(C)CCn1cc(NC(=O)c2ccn(COc3cccc(Cl)c3)n2)cn1. The number of rotatable bonds is 8. The predicted octanol–water partition coefficient (Wildman–Crippen LogP) is 2.58. The summed E-state index contributed by atoms with van der Waals surface area (Å²) in [6, 6.07) is 8.72. The molecule has 2 aromatic heterocycles. The first kappa shape index (κ1) is 18.9. The van der Waals surface area contributed by atoms with Crippen molar-refractivity contribution in [2.45, 2.75) is 13.3 Å². The highest BCUT2D eigenvalue weighted by molar-refractivity contribution is 6.30. The first-order valence-electron chi connectivity index (χ1n) is 8.40. The van der Waals surface area contributed by atoms with Crippen LogP contribution in [-0.2, 0) is 13.3 Å². The van der Waals surface area contributed by atoms with Crippen LogP contribution in [0.2, 0.25) is 5.02 Å². The molecule has 0 aliphatic carbocycles. The lowest BCUT2D eigenvalue weighted by Crippen LogP contribution is -2.18. The molecule has 0 saturated carbocycles. The summed E-state index contributed by atoms with van der Waals surface area (Å²) in [5.74, 6) is 0.331. The van der Waals surface area contributed by atoms with E-state index in [1.807, 2.05) is 14.1 Å². The second-order valence-corrected chi connectivity index (χ2v) is 6.66. The number of hydrogen-bond donors (Lipinski definition) is 1. The highest BCUT2D eigenvalue weighted by Gasteiger charge is 2.11. The Labute approximate surface area is 162 Å². The molecule has 0 bridgehead atoms. The number of benzene rings is 1. The number of anilines is 1. The van der Waals surface area contributed by atoms with Gasteiger partial charge in [-0.3, -0.25) is 9.48 Å². The van der Waals surface area contributed by atoms with E-state index in [0.717, 1.165) is 13.1 Å². The second kappa shape index (κ2) is 8.70. The van der Waals surface area contributed by atoms with Gasteiger partial charge in [0.2, 0.25) is 0 Å². The summed E-state index contributed by atoms with van der Waals surface area (Å²) < 4.78 is 8.92. The number of ether oxygens (including phenoxy) is 1. The Hall–Kier alpha value is -2.84. The van der Waals surface area contributed by atoms with Gasteiger partial charge >= 0.3 is 0 Å². The van der Waals surface area contributed by atoms with E-state index in [1.165, 1.54) is 4.68 Å². The van der Waals surface area contributed by atoms with Crippen molar-refractivity contribution >= 4 is 23.2 Å². The molecule has 1 aromatic carbocycles. The number of aromatic nitrogens is 4. The summed E-state index contributed by atoms with van der Waals surface area (Å²) >= 11 is 5.92. The molecule has 1 N–H and O–H groups in total. The molecule has 142 valence electrons. The number of likely N-dealkylation sites (N-methyl/N-ethyl adjacent to an activating group) is 1. The quantitative estimate of drug-likeness (QED) is 0.641. The fourth-order valence-electron chi connectivity index (χ4n) is 2.30. The topological polar surface area (TPSA) is 77.2 Å². The van der Waals surface area contributed by atoms with Crippen molar-refractivity contribution < 1.29 is 9.53 Å². The maximum absolute atomic E-state index is 12.3. The molecule has 0 unspecified atom stereocenters. The number of hydrogen-bond acceptors (Lipinski definition) is 5. The summed E-state index contributed by atoms with van der Waals surface area (Å²) in [6.07, 6.45) is 5.09. The van der Waals surface area contributed by atoms with E-state index in [9.17, 15) is 4.79 Å². The largest absolute Gasteiger partial charge is 0.471 e. The third kappa shape index (κ3) is 5.57. The van der Waals surface area contributed by atoms with E-state index in [2.05, 4.69) is 20.4 Å². The standard InChI is InChI=1S/C18H21ClN6O2/c1-23(2)8-9-24-12-15(11-20-24)21-18(26)17-6-7-25(22-17)13-27-16-5-3-4-14(19)10-16/h3-7,10-12H,8-9,13H2,1-2H3,(H,21,26). The average Bonchev–Trinajstić information content (AvgIpc) is 3.27. The fourth-order valence-corrected chi connectivity index (χ4v) is 2.48. The molecule has 0 saturated heterocycles. The summed E-state index contributed by atoms with van der Waals surface area (Å²) in [5.41, 5.74) is 0.925. The van der Waals surface area contributed by atoms with Crippen LogP contribution < -0.4 is 10.1 Å².